The quantitative estimate of drug-likeness (QED) is 0.474. The summed E-state index contributed by atoms with van der Waals surface area (Å²) < 4.78 is 1.40. The Kier molecular flexibility index (Phi) is 4.14. The van der Waals surface area contributed by atoms with Gasteiger partial charge in [-0.1, -0.05) is 30.3 Å². The molecule has 0 saturated heterocycles. The summed E-state index contributed by atoms with van der Waals surface area (Å²) in [5, 5.41) is 1.16. The number of benzene rings is 1. The summed E-state index contributed by atoms with van der Waals surface area (Å²) in [7, 11) is 0. The third-order valence-corrected chi connectivity index (χ3v) is 6.11. The summed E-state index contributed by atoms with van der Waals surface area (Å²) in [5.41, 5.74) is 4.10. The van der Waals surface area contributed by atoms with E-state index in [9.17, 15) is 9.59 Å². The largest absolute Gasteiger partial charge is 0.356 e. The molecule has 0 aliphatic carbocycles. The summed E-state index contributed by atoms with van der Waals surface area (Å²) in [6, 6.07) is 18.7. The topological polar surface area (TPSA) is 83.4 Å². The minimum atomic E-state index is -0.421. The molecule has 1 atom stereocenters. The number of hydrogen-bond donors (Lipinski definition) is 1. The normalized spacial score (nSPS) is 15.8. The van der Waals surface area contributed by atoms with Gasteiger partial charge in [-0.2, -0.15) is 0 Å². The smallest absolute Gasteiger partial charge is 0.270 e. The highest BCUT2D eigenvalue weighted by Crippen LogP contribution is 2.38. The van der Waals surface area contributed by atoms with Gasteiger partial charge in [-0.3, -0.25) is 19.0 Å². The maximum atomic E-state index is 13.7. The number of hydrogen-bond acceptors (Lipinski definition) is 4. The van der Waals surface area contributed by atoms with Gasteiger partial charge in [0.15, 0.2) is 0 Å². The lowest BCUT2D eigenvalue weighted by Gasteiger charge is -2.35. The van der Waals surface area contributed by atoms with Gasteiger partial charge in [0, 0.05) is 41.7 Å². The third-order valence-electron chi connectivity index (χ3n) is 6.11. The van der Waals surface area contributed by atoms with Crippen LogP contribution in [0.5, 0.6) is 0 Å². The first-order chi connectivity index (χ1) is 15.7. The van der Waals surface area contributed by atoms with Gasteiger partial charge in [0.2, 0.25) is 0 Å². The first kappa shape index (κ1) is 18.5. The number of aromatic amines is 1. The fraction of sp³-hybridized carbons (Fsp3) is 0.120. The van der Waals surface area contributed by atoms with E-state index in [1.807, 2.05) is 42.5 Å². The van der Waals surface area contributed by atoms with E-state index < -0.39 is 6.04 Å². The number of carbonyl (C=O) groups excluding carboxylic acids is 1. The Morgan fingerprint density at radius 3 is 2.72 bits per heavy atom. The number of H-pyrrole nitrogens is 1. The molecule has 0 radical (unpaired) electrons. The summed E-state index contributed by atoms with van der Waals surface area (Å²) in [6.45, 7) is 0.478. The third kappa shape index (κ3) is 2.75. The van der Waals surface area contributed by atoms with Gasteiger partial charge in [0.05, 0.1) is 5.69 Å². The number of pyridine rings is 2. The lowest BCUT2D eigenvalue weighted by Crippen LogP contribution is -2.43. The van der Waals surface area contributed by atoms with Crippen LogP contribution < -0.4 is 5.56 Å². The summed E-state index contributed by atoms with van der Waals surface area (Å²) in [5.74, 6) is -0.347. The minimum Gasteiger partial charge on any atom is -0.356 e. The maximum Gasteiger partial charge on any atom is 0.270 e. The zero-order valence-corrected chi connectivity index (χ0v) is 17.1. The number of carbonyl (C=O) groups is 1. The van der Waals surface area contributed by atoms with Crippen LogP contribution in [-0.2, 0) is 6.42 Å². The van der Waals surface area contributed by atoms with Crippen molar-refractivity contribution in [3.05, 3.63) is 112 Å². The molecule has 5 aromatic rings. The summed E-state index contributed by atoms with van der Waals surface area (Å²) >= 11 is 0. The zero-order valence-electron chi connectivity index (χ0n) is 17.1. The van der Waals surface area contributed by atoms with E-state index in [1.165, 1.54) is 16.2 Å². The Bertz CT molecular complexity index is 1540. The molecule has 7 heteroatoms. The Morgan fingerprint density at radius 1 is 1.00 bits per heavy atom. The van der Waals surface area contributed by atoms with E-state index in [4.69, 9.17) is 0 Å². The van der Waals surface area contributed by atoms with Crippen molar-refractivity contribution < 1.29 is 4.79 Å². The van der Waals surface area contributed by atoms with E-state index in [1.54, 1.807) is 29.4 Å². The molecule has 0 unspecified atom stereocenters. The van der Waals surface area contributed by atoms with Crippen molar-refractivity contribution in [3.63, 3.8) is 0 Å². The van der Waals surface area contributed by atoms with Crippen LogP contribution in [0.15, 0.2) is 84.0 Å². The first-order valence-electron chi connectivity index (χ1n) is 10.5. The Balaban J connectivity index is 1.52. The molecule has 1 aliphatic rings. The second-order valence-electron chi connectivity index (χ2n) is 7.87. The number of nitrogens with one attached hydrogen (secondary N) is 1. The molecule has 6 rings (SSSR count). The molecule has 32 heavy (non-hydrogen) atoms. The predicted octanol–water partition coefficient (Wildman–Crippen LogP) is 3.36. The van der Waals surface area contributed by atoms with Gasteiger partial charge in [-0.05, 0) is 42.3 Å². The summed E-state index contributed by atoms with van der Waals surface area (Å²) in [6.07, 6.45) is 5.43. The number of nitrogens with zero attached hydrogens (tertiary/aromatic N) is 4. The van der Waals surface area contributed by atoms with Crippen LogP contribution >= 0.6 is 0 Å². The van der Waals surface area contributed by atoms with Crippen LogP contribution in [-0.4, -0.2) is 36.7 Å². The van der Waals surface area contributed by atoms with Crippen LogP contribution in [0.4, 0.5) is 0 Å². The molecular weight excluding hydrogens is 402 g/mol. The van der Waals surface area contributed by atoms with Crippen molar-refractivity contribution in [2.24, 2.45) is 0 Å². The number of para-hydroxylation sites is 1. The van der Waals surface area contributed by atoms with Gasteiger partial charge >= 0.3 is 0 Å². The van der Waals surface area contributed by atoms with Crippen molar-refractivity contribution in [3.8, 4) is 0 Å². The molecule has 4 aromatic heterocycles. The van der Waals surface area contributed by atoms with Crippen LogP contribution in [0.3, 0.4) is 0 Å². The SMILES string of the molecule is O=C(c1cnc2ccccn2c1=O)N1CCc2c([nH]c3ccccc23)[C@@H]1c1ccccn1. The minimum absolute atomic E-state index is 0.0502. The van der Waals surface area contributed by atoms with Gasteiger partial charge < -0.3 is 9.88 Å². The molecule has 1 aromatic carbocycles. The van der Waals surface area contributed by atoms with Crippen molar-refractivity contribution in [1.29, 1.82) is 0 Å². The van der Waals surface area contributed by atoms with Crippen LogP contribution in [0, 0.1) is 0 Å². The molecular formula is C25H19N5O2. The summed E-state index contributed by atoms with van der Waals surface area (Å²) in [4.78, 5) is 40.9. The average Bonchev–Trinajstić information content (AvgIpc) is 3.23. The van der Waals surface area contributed by atoms with E-state index in [0.29, 0.717) is 18.6 Å². The Labute approximate surface area is 183 Å². The lowest BCUT2D eigenvalue weighted by atomic mass is 9.94. The van der Waals surface area contributed by atoms with Crippen LogP contribution in [0.25, 0.3) is 16.6 Å². The van der Waals surface area contributed by atoms with E-state index in [-0.39, 0.29) is 17.0 Å². The fourth-order valence-electron chi connectivity index (χ4n) is 4.63. The maximum absolute atomic E-state index is 13.7. The number of fused-ring (bicyclic) bond motifs is 4. The molecule has 0 bridgehead atoms. The van der Waals surface area contributed by atoms with E-state index in [0.717, 1.165) is 22.3 Å². The predicted molar refractivity (Wildman–Crippen MR) is 121 cm³/mol. The highest BCUT2D eigenvalue weighted by molar-refractivity contribution is 5.95. The van der Waals surface area contributed by atoms with Crippen LogP contribution in [0.2, 0.25) is 0 Å². The van der Waals surface area contributed by atoms with E-state index in [2.05, 4.69) is 21.0 Å². The monoisotopic (exact) mass is 421 g/mol. The molecule has 5 heterocycles. The Hall–Kier alpha value is -4.26. The molecule has 0 spiro atoms. The molecule has 0 fully saturated rings. The van der Waals surface area contributed by atoms with Gasteiger partial charge in [-0.25, -0.2) is 4.98 Å². The van der Waals surface area contributed by atoms with Gasteiger partial charge in [0.1, 0.15) is 17.3 Å². The Morgan fingerprint density at radius 2 is 1.84 bits per heavy atom. The lowest BCUT2D eigenvalue weighted by molar-refractivity contribution is 0.0686. The standard InChI is InChI=1S/C25H19N5O2/c31-24-18(15-27-21-10-4-6-13-29(21)24)25(32)30-14-11-17-16-7-1-2-8-19(16)28-22(17)23(30)20-9-3-5-12-26-20/h1-10,12-13,15,23,28H,11,14H2/t23-/m0/s1. The fourth-order valence-corrected chi connectivity index (χ4v) is 4.63. The molecule has 0 saturated carbocycles. The highest BCUT2D eigenvalue weighted by atomic mass is 16.2. The number of rotatable bonds is 2. The van der Waals surface area contributed by atoms with Crippen LogP contribution in [0.1, 0.15) is 33.4 Å². The first-order valence-corrected chi connectivity index (χ1v) is 10.5. The molecule has 7 nitrogen and oxygen atoms in total. The van der Waals surface area contributed by atoms with Crippen molar-refractivity contribution in [2.75, 3.05) is 6.54 Å². The molecule has 1 aliphatic heterocycles. The molecule has 1 N–H and O–H groups in total. The molecule has 1 amide bonds. The highest BCUT2D eigenvalue weighted by Gasteiger charge is 2.36. The number of amides is 1. The second kappa shape index (κ2) is 7.16. The molecule has 156 valence electrons. The van der Waals surface area contributed by atoms with Gasteiger partial charge in [-0.15, -0.1) is 0 Å². The zero-order chi connectivity index (χ0) is 21.7. The van der Waals surface area contributed by atoms with Gasteiger partial charge in [0.25, 0.3) is 11.5 Å². The van der Waals surface area contributed by atoms with E-state index >= 15 is 0 Å². The van der Waals surface area contributed by atoms with Crippen molar-refractivity contribution >= 4 is 22.5 Å². The van der Waals surface area contributed by atoms with Crippen molar-refractivity contribution in [2.45, 2.75) is 12.5 Å². The average molecular weight is 421 g/mol. The van der Waals surface area contributed by atoms with Crippen molar-refractivity contribution in [1.82, 2.24) is 24.3 Å². The number of aromatic nitrogens is 4. The second-order valence-corrected chi connectivity index (χ2v) is 7.87.